The number of hydrogen-bond donors (Lipinski definition) is 0. The molecule has 0 N–H and O–H groups in total. The zero-order valence-corrected chi connectivity index (χ0v) is 10.4. The van der Waals surface area contributed by atoms with Crippen molar-refractivity contribution in [2.45, 2.75) is 19.5 Å². The number of hydrogen-bond acceptors (Lipinski definition) is 3. The van der Waals surface area contributed by atoms with E-state index in [9.17, 15) is 18.0 Å². The summed E-state index contributed by atoms with van der Waals surface area (Å²) in [6, 6.07) is 0.842. The van der Waals surface area contributed by atoms with Crippen molar-refractivity contribution in [1.82, 2.24) is 4.98 Å². The molecule has 1 heterocycles. The van der Waals surface area contributed by atoms with E-state index >= 15 is 0 Å². The van der Waals surface area contributed by atoms with Crippen molar-refractivity contribution >= 4 is 21.9 Å². The monoisotopic (exact) mass is 311 g/mol. The van der Waals surface area contributed by atoms with Crippen molar-refractivity contribution in [3.8, 4) is 0 Å². The predicted octanol–water partition coefficient (Wildman–Crippen LogP) is 2.97. The number of rotatable bonds is 3. The van der Waals surface area contributed by atoms with Crippen molar-refractivity contribution in [1.29, 1.82) is 0 Å². The minimum absolute atomic E-state index is 0.0671. The van der Waals surface area contributed by atoms with E-state index in [4.69, 9.17) is 0 Å². The van der Waals surface area contributed by atoms with Crippen LogP contribution in [-0.2, 0) is 22.1 Å². The van der Waals surface area contributed by atoms with Crippen LogP contribution in [0.5, 0.6) is 0 Å². The van der Waals surface area contributed by atoms with E-state index in [2.05, 4.69) is 25.7 Å². The quantitative estimate of drug-likeness (QED) is 0.636. The summed E-state index contributed by atoms with van der Waals surface area (Å²) in [4.78, 5) is 14.8. The van der Waals surface area contributed by atoms with Gasteiger partial charge >= 0.3 is 12.1 Å². The number of alkyl halides is 3. The summed E-state index contributed by atoms with van der Waals surface area (Å²) in [7, 11) is 0. The molecule has 0 aliphatic heterocycles. The number of aromatic nitrogens is 1. The van der Waals surface area contributed by atoms with Crippen molar-refractivity contribution in [3.05, 3.63) is 28.0 Å². The van der Waals surface area contributed by atoms with Gasteiger partial charge in [-0.25, -0.2) is 4.98 Å². The first-order valence-electron chi connectivity index (χ1n) is 4.71. The Morgan fingerprint density at radius 2 is 2.18 bits per heavy atom. The highest BCUT2D eigenvalue weighted by molar-refractivity contribution is 9.10. The predicted molar refractivity (Wildman–Crippen MR) is 57.3 cm³/mol. The molecule has 94 valence electrons. The molecule has 0 aliphatic rings. The molecule has 0 amide bonds. The van der Waals surface area contributed by atoms with Crippen LogP contribution in [0, 0.1) is 0 Å². The van der Waals surface area contributed by atoms with E-state index in [1.807, 2.05) is 0 Å². The molecular weight excluding hydrogens is 303 g/mol. The highest BCUT2D eigenvalue weighted by atomic mass is 79.9. The number of pyridine rings is 1. The molecule has 1 aromatic heterocycles. The maximum absolute atomic E-state index is 12.7. The summed E-state index contributed by atoms with van der Waals surface area (Å²) in [6.45, 7) is 1.71. The van der Waals surface area contributed by atoms with Crippen molar-refractivity contribution in [3.63, 3.8) is 0 Å². The van der Waals surface area contributed by atoms with E-state index in [0.29, 0.717) is 0 Å². The molecule has 0 unspecified atom stereocenters. The van der Waals surface area contributed by atoms with Gasteiger partial charge in [0, 0.05) is 6.20 Å². The molecule has 0 spiro atoms. The molecule has 0 aromatic carbocycles. The van der Waals surface area contributed by atoms with Gasteiger partial charge in [0.25, 0.3) is 0 Å². The Balaban J connectivity index is 3.03. The van der Waals surface area contributed by atoms with Crippen LogP contribution < -0.4 is 0 Å². The Bertz CT molecular complexity index is 421. The topological polar surface area (TPSA) is 39.2 Å². The van der Waals surface area contributed by atoms with E-state index in [0.717, 1.165) is 12.3 Å². The molecule has 0 fully saturated rings. The second-order valence-corrected chi connectivity index (χ2v) is 3.96. The van der Waals surface area contributed by atoms with Crippen LogP contribution in [-0.4, -0.2) is 17.6 Å². The molecule has 0 saturated carbocycles. The summed E-state index contributed by atoms with van der Waals surface area (Å²) >= 11 is 2.86. The number of esters is 1. The normalized spacial score (nSPS) is 11.4. The number of halogens is 4. The van der Waals surface area contributed by atoms with Gasteiger partial charge in [-0.05, 0) is 34.5 Å². The number of ether oxygens (including phenoxy) is 1. The lowest BCUT2D eigenvalue weighted by atomic mass is 10.1. The minimum atomic E-state index is -4.52. The third-order valence-corrected chi connectivity index (χ3v) is 2.33. The molecule has 0 radical (unpaired) electrons. The standard InChI is InChI=1S/C10H9BrF3NO2/c1-2-17-9(16)3-6-5-15-8(11)4-7(6)10(12,13)14/h4-5H,2-3H2,1H3. The lowest BCUT2D eigenvalue weighted by molar-refractivity contribution is -0.143. The SMILES string of the molecule is CCOC(=O)Cc1cnc(Br)cc1C(F)(F)F. The zero-order chi connectivity index (χ0) is 13.1. The number of carbonyl (C=O) groups is 1. The van der Waals surface area contributed by atoms with Gasteiger partial charge in [-0.1, -0.05) is 0 Å². The van der Waals surface area contributed by atoms with Crippen molar-refractivity contribution in [2.75, 3.05) is 6.61 Å². The fourth-order valence-electron chi connectivity index (χ4n) is 1.23. The maximum atomic E-state index is 12.7. The summed E-state index contributed by atoms with van der Waals surface area (Å²) in [5, 5.41) is 0. The van der Waals surface area contributed by atoms with Crippen LogP contribution >= 0.6 is 15.9 Å². The van der Waals surface area contributed by atoms with E-state index in [1.165, 1.54) is 0 Å². The number of nitrogens with zero attached hydrogens (tertiary/aromatic N) is 1. The molecule has 0 aliphatic carbocycles. The molecule has 0 saturated heterocycles. The summed E-state index contributed by atoms with van der Waals surface area (Å²) < 4.78 is 42.7. The van der Waals surface area contributed by atoms with Gasteiger partial charge in [0.05, 0.1) is 18.6 Å². The number of carbonyl (C=O) groups excluding carboxylic acids is 1. The second kappa shape index (κ2) is 5.48. The average Bonchev–Trinajstić information content (AvgIpc) is 2.19. The first-order chi connectivity index (χ1) is 7.84. The Kier molecular flexibility index (Phi) is 4.50. The Morgan fingerprint density at radius 1 is 1.53 bits per heavy atom. The van der Waals surface area contributed by atoms with Gasteiger partial charge in [0.1, 0.15) is 4.60 Å². The van der Waals surface area contributed by atoms with E-state index < -0.39 is 24.1 Å². The molecule has 17 heavy (non-hydrogen) atoms. The molecule has 0 bridgehead atoms. The average molecular weight is 312 g/mol. The first-order valence-corrected chi connectivity index (χ1v) is 5.51. The fourth-order valence-corrected chi connectivity index (χ4v) is 1.56. The van der Waals surface area contributed by atoms with Crippen molar-refractivity contribution in [2.24, 2.45) is 0 Å². The Hall–Kier alpha value is -1.11. The van der Waals surface area contributed by atoms with Gasteiger partial charge in [-0.15, -0.1) is 0 Å². The largest absolute Gasteiger partial charge is 0.466 e. The Labute approximate surface area is 104 Å². The fraction of sp³-hybridized carbons (Fsp3) is 0.400. The second-order valence-electron chi connectivity index (χ2n) is 3.14. The minimum Gasteiger partial charge on any atom is -0.466 e. The molecular formula is C10H9BrF3NO2. The summed E-state index contributed by atoms with van der Waals surface area (Å²) in [6.07, 6.45) is -3.94. The van der Waals surface area contributed by atoms with Gasteiger partial charge in [-0.2, -0.15) is 13.2 Å². The molecule has 7 heteroatoms. The van der Waals surface area contributed by atoms with Crippen molar-refractivity contribution < 1.29 is 22.7 Å². The molecule has 0 atom stereocenters. The highest BCUT2D eigenvalue weighted by Crippen LogP contribution is 2.33. The zero-order valence-electron chi connectivity index (χ0n) is 8.84. The van der Waals surface area contributed by atoms with Crippen LogP contribution in [0.4, 0.5) is 13.2 Å². The lowest BCUT2D eigenvalue weighted by Crippen LogP contribution is -2.14. The van der Waals surface area contributed by atoms with Gasteiger partial charge in [-0.3, -0.25) is 4.79 Å². The summed E-state index contributed by atoms with van der Waals surface area (Å²) in [5.74, 6) is -0.706. The van der Waals surface area contributed by atoms with Gasteiger partial charge in [0.15, 0.2) is 0 Å². The van der Waals surface area contributed by atoms with Gasteiger partial charge < -0.3 is 4.74 Å². The summed E-state index contributed by atoms with van der Waals surface area (Å²) in [5.41, 5.74) is -1.08. The van der Waals surface area contributed by atoms with Gasteiger partial charge in [0.2, 0.25) is 0 Å². The lowest BCUT2D eigenvalue weighted by Gasteiger charge is -2.12. The van der Waals surface area contributed by atoms with Crippen LogP contribution in [0.1, 0.15) is 18.1 Å². The van der Waals surface area contributed by atoms with Crippen LogP contribution in [0.15, 0.2) is 16.9 Å². The van der Waals surface area contributed by atoms with E-state index in [1.54, 1.807) is 6.92 Å². The molecule has 1 aromatic rings. The first kappa shape index (κ1) is 14.0. The van der Waals surface area contributed by atoms with E-state index in [-0.39, 0.29) is 16.8 Å². The molecule has 3 nitrogen and oxygen atoms in total. The smallest absolute Gasteiger partial charge is 0.416 e. The third-order valence-electron chi connectivity index (χ3n) is 1.90. The van der Waals surface area contributed by atoms with Crippen LogP contribution in [0.2, 0.25) is 0 Å². The van der Waals surface area contributed by atoms with Crippen LogP contribution in [0.25, 0.3) is 0 Å². The highest BCUT2D eigenvalue weighted by Gasteiger charge is 2.34. The molecule has 1 rings (SSSR count). The Morgan fingerprint density at radius 3 is 2.71 bits per heavy atom. The van der Waals surface area contributed by atoms with Crippen LogP contribution in [0.3, 0.4) is 0 Å². The third kappa shape index (κ3) is 3.99. The maximum Gasteiger partial charge on any atom is 0.416 e.